The second kappa shape index (κ2) is 6.99. The van der Waals surface area contributed by atoms with Crippen molar-refractivity contribution in [1.29, 1.82) is 0 Å². The molecule has 4 aromatic carbocycles. The number of nitrogens with zero attached hydrogens (tertiary/aromatic N) is 3. The summed E-state index contributed by atoms with van der Waals surface area (Å²) in [4.78, 5) is 0. The second-order valence-electron chi connectivity index (χ2n) is 9.87. The number of pyridine rings is 1. The molecule has 1 unspecified atom stereocenters. The lowest BCUT2D eigenvalue weighted by Gasteiger charge is -2.31. The van der Waals surface area contributed by atoms with Gasteiger partial charge < -0.3 is 9.47 Å². The molecule has 178 valence electrons. The highest BCUT2D eigenvalue weighted by atomic mass is 16.5. The summed E-state index contributed by atoms with van der Waals surface area (Å²) in [5.74, 6) is 3.27. The minimum absolute atomic E-state index is 0.673. The molecular weight excluding hydrogens is 470 g/mol. The summed E-state index contributed by atoms with van der Waals surface area (Å²) < 4.78 is 19.8. The Morgan fingerprint density at radius 2 is 1.21 bits per heavy atom. The maximum Gasteiger partial charge on any atom is 0.452 e. The van der Waals surface area contributed by atoms with Gasteiger partial charge in [0.15, 0.2) is 23.1 Å². The summed E-state index contributed by atoms with van der Waals surface area (Å²) >= 11 is 0. The molecule has 0 amide bonds. The van der Waals surface area contributed by atoms with E-state index in [-0.39, 0.29) is 0 Å². The number of ether oxygens (including phenoxy) is 2. The molecule has 6 aromatic rings. The van der Waals surface area contributed by atoms with E-state index in [2.05, 4.69) is 105 Å². The maximum atomic E-state index is 6.52. The van der Waals surface area contributed by atoms with Gasteiger partial charge in [0.25, 0.3) is 0 Å². The predicted octanol–water partition coefficient (Wildman–Crippen LogP) is 6.21. The van der Waals surface area contributed by atoms with Gasteiger partial charge in [0.2, 0.25) is 6.20 Å². The van der Waals surface area contributed by atoms with Crippen LogP contribution in [0.5, 0.6) is 23.1 Å². The van der Waals surface area contributed by atoms with Crippen LogP contribution in [0.3, 0.4) is 0 Å². The molecule has 38 heavy (non-hydrogen) atoms. The van der Waals surface area contributed by atoms with Crippen LogP contribution in [0.15, 0.2) is 128 Å². The minimum atomic E-state index is -0.673. The van der Waals surface area contributed by atoms with Crippen molar-refractivity contribution in [1.82, 2.24) is 4.68 Å². The van der Waals surface area contributed by atoms with Crippen molar-refractivity contribution in [3.05, 3.63) is 139 Å². The minimum Gasteiger partial charge on any atom is -0.455 e. The van der Waals surface area contributed by atoms with Gasteiger partial charge in [-0.15, -0.1) is 4.68 Å². The van der Waals surface area contributed by atoms with Crippen LogP contribution in [0, 0.1) is 0 Å². The molecule has 5 nitrogen and oxygen atoms in total. The summed E-state index contributed by atoms with van der Waals surface area (Å²) in [7, 11) is 0. The van der Waals surface area contributed by atoms with E-state index in [0.717, 1.165) is 51.2 Å². The van der Waals surface area contributed by atoms with Crippen molar-refractivity contribution in [2.24, 2.45) is 0 Å². The van der Waals surface area contributed by atoms with Crippen LogP contribution in [-0.2, 0) is 5.66 Å². The number of hydrogen-bond donors (Lipinski definition) is 0. The zero-order valence-electron chi connectivity index (χ0n) is 20.3. The fraction of sp³-hybridized carbons (Fsp3) is 0.0303. The van der Waals surface area contributed by atoms with Crippen LogP contribution < -0.4 is 18.7 Å². The third-order valence-electron chi connectivity index (χ3n) is 7.96. The van der Waals surface area contributed by atoms with Gasteiger partial charge in [-0.25, -0.2) is 0 Å². The molecule has 0 saturated heterocycles. The first-order valence-corrected chi connectivity index (χ1v) is 12.8. The topological polar surface area (TPSA) is 31.1 Å². The summed E-state index contributed by atoms with van der Waals surface area (Å²) in [5.41, 5.74) is 7.23. The molecule has 1 atom stereocenters. The van der Waals surface area contributed by atoms with Crippen LogP contribution in [0.1, 0.15) is 11.1 Å². The first-order chi connectivity index (χ1) is 18.8. The first kappa shape index (κ1) is 20.0. The van der Waals surface area contributed by atoms with Gasteiger partial charge in [0.05, 0.1) is 6.07 Å². The summed E-state index contributed by atoms with van der Waals surface area (Å²) in [6.45, 7) is 0. The smallest absolute Gasteiger partial charge is 0.452 e. The Bertz CT molecular complexity index is 1910. The highest BCUT2D eigenvalue weighted by Crippen LogP contribution is 2.55. The van der Waals surface area contributed by atoms with E-state index in [0.29, 0.717) is 0 Å². The van der Waals surface area contributed by atoms with E-state index in [1.54, 1.807) is 0 Å². The molecule has 0 bridgehead atoms. The normalized spacial score (nSPS) is 16.9. The van der Waals surface area contributed by atoms with Crippen molar-refractivity contribution < 1.29 is 18.7 Å². The average Bonchev–Trinajstić information content (AvgIpc) is 3.54. The van der Waals surface area contributed by atoms with Crippen molar-refractivity contribution >= 4 is 0 Å². The standard InChI is InChI=1S/C33H21N3O2/c1-2-8-22(9-3-1)23-15-17-24(18-16-23)25-19-21-35-33-31-26(36(25)35)10-6-11-27(31)37-28-12-7-13-29(32(28)33)38-30-14-4-5-20-34(30)33/h1-21H/q+2. The molecule has 0 aliphatic carbocycles. The van der Waals surface area contributed by atoms with Gasteiger partial charge in [-0.05, 0) is 46.1 Å². The molecule has 5 heteroatoms. The molecule has 5 heterocycles. The summed E-state index contributed by atoms with van der Waals surface area (Å²) in [6.07, 6.45) is 4.29. The molecule has 1 spiro atoms. The predicted molar refractivity (Wildman–Crippen MR) is 142 cm³/mol. The van der Waals surface area contributed by atoms with Crippen molar-refractivity contribution in [2.75, 3.05) is 0 Å². The van der Waals surface area contributed by atoms with Crippen LogP contribution in [-0.4, -0.2) is 4.68 Å². The van der Waals surface area contributed by atoms with Crippen LogP contribution in [0.25, 0.3) is 28.1 Å². The fourth-order valence-corrected chi connectivity index (χ4v) is 6.45. The van der Waals surface area contributed by atoms with Crippen LogP contribution in [0.4, 0.5) is 0 Å². The number of fused-ring (bicyclic) bond motifs is 3. The van der Waals surface area contributed by atoms with E-state index < -0.39 is 5.66 Å². The summed E-state index contributed by atoms with van der Waals surface area (Å²) in [5, 5.41) is 0. The summed E-state index contributed by atoms with van der Waals surface area (Å²) in [6, 6.07) is 40.0. The molecule has 0 N–H and O–H groups in total. The van der Waals surface area contributed by atoms with Crippen molar-refractivity contribution in [2.45, 2.75) is 5.66 Å². The zero-order valence-corrected chi connectivity index (χ0v) is 20.3. The molecule has 3 aliphatic rings. The molecule has 0 radical (unpaired) electrons. The van der Waals surface area contributed by atoms with Crippen LogP contribution >= 0.6 is 0 Å². The van der Waals surface area contributed by atoms with Gasteiger partial charge in [-0.1, -0.05) is 71.3 Å². The Balaban J connectivity index is 1.34. The Morgan fingerprint density at radius 3 is 2.05 bits per heavy atom. The van der Waals surface area contributed by atoms with Crippen molar-refractivity contribution in [3.8, 4) is 51.2 Å². The lowest BCUT2D eigenvalue weighted by atomic mass is 9.85. The molecule has 2 aromatic heterocycles. The number of rotatable bonds is 2. The van der Waals surface area contributed by atoms with E-state index >= 15 is 0 Å². The third-order valence-corrected chi connectivity index (χ3v) is 7.96. The van der Waals surface area contributed by atoms with Gasteiger partial charge >= 0.3 is 11.5 Å². The van der Waals surface area contributed by atoms with Crippen molar-refractivity contribution in [3.63, 3.8) is 0 Å². The van der Waals surface area contributed by atoms with Gasteiger partial charge in [-0.2, -0.15) is 0 Å². The SMILES string of the molecule is c1ccc(-c2ccc(-c3cc[n+]4n3-c3cccc5c3C43c4c(cccc4Oc4cccc[n+]43)O5)cc2)cc1. The molecular formula is C33H21N3O2+2. The Labute approximate surface area is 219 Å². The Hall–Kier alpha value is -5.16. The number of hydrogen-bond acceptors (Lipinski definition) is 2. The van der Waals surface area contributed by atoms with Crippen LogP contribution in [0.2, 0.25) is 0 Å². The zero-order chi connectivity index (χ0) is 24.8. The highest BCUT2D eigenvalue weighted by molar-refractivity contribution is 5.72. The lowest BCUT2D eigenvalue weighted by molar-refractivity contribution is -0.997. The Morgan fingerprint density at radius 1 is 0.526 bits per heavy atom. The largest absolute Gasteiger partial charge is 0.455 e. The maximum absolute atomic E-state index is 6.52. The van der Waals surface area contributed by atoms with E-state index in [9.17, 15) is 0 Å². The van der Waals surface area contributed by atoms with E-state index in [1.165, 1.54) is 11.1 Å². The number of aromatic nitrogens is 3. The van der Waals surface area contributed by atoms with E-state index in [4.69, 9.17) is 9.47 Å². The van der Waals surface area contributed by atoms with Gasteiger partial charge in [0, 0.05) is 17.7 Å². The van der Waals surface area contributed by atoms with E-state index in [1.807, 2.05) is 36.4 Å². The quantitative estimate of drug-likeness (QED) is 0.269. The second-order valence-corrected chi connectivity index (χ2v) is 9.87. The lowest BCUT2D eigenvalue weighted by Crippen LogP contribution is -2.75. The molecule has 3 aliphatic heterocycles. The van der Waals surface area contributed by atoms with Gasteiger partial charge in [-0.3, -0.25) is 0 Å². The fourth-order valence-electron chi connectivity index (χ4n) is 6.45. The molecule has 0 saturated carbocycles. The average molecular weight is 492 g/mol. The monoisotopic (exact) mass is 491 g/mol. The first-order valence-electron chi connectivity index (χ1n) is 12.8. The van der Waals surface area contributed by atoms with Gasteiger partial charge in [0.1, 0.15) is 22.9 Å². The Kier molecular flexibility index (Phi) is 3.67. The third kappa shape index (κ3) is 2.32. The molecule has 0 fully saturated rings. The number of benzene rings is 4. The highest BCUT2D eigenvalue weighted by Gasteiger charge is 2.71. The molecule has 9 rings (SSSR count).